The van der Waals surface area contributed by atoms with Gasteiger partial charge in [0, 0.05) is 24.9 Å². The molecule has 4 aromatic rings. The van der Waals surface area contributed by atoms with Gasteiger partial charge >= 0.3 is 18.0 Å². The number of carbonyl (C=O) groups is 3. The molecule has 3 amide bonds. The number of carbonyl (C=O) groups excluding carboxylic acids is 3. The number of aromatic nitrogens is 2. The van der Waals surface area contributed by atoms with Crippen LogP contribution in [0, 0.1) is 5.82 Å². The molecule has 3 aromatic carbocycles. The quantitative estimate of drug-likeness (QED) is 0.271. The van der Waals surface area contributed by atoms with Gasteiger partial charge in [-0.1, -0.05) is 36.4 Å². The van der Waals surface area contributed by atoms with Crippen LogP contribution in [0.5, 0.6) is 0 Å². The van der Waals surface area contributed by atoms with Crippen molar-refractivity contribution in [2.75, 3.05) is 0 Å². The number of ether oxygens (including phenoxy) is 1. The lowest BCUT2D eigenvalue weighted by Crippen LogP contribution is -2.46. The summed E-state index contributed by atoms with van der Waals surface area (Å²) in [5.74, 6) is -2.92. The average molecular weight is 597 g/mol. The van der Waals surface area contributed by atoms with E-state index < -0.39 is 60.4 Å². The zero-order chi connectivity index (χ0) is 30.7. The number of imide groups is 1. The maximum Gasteiger partial charge on any atom is 0.415 e. The van der Waals surface area contributed by atoms with Gasteiger partial charge in [0.2, 0.25) is 11.5 Å². The third kappa shape index (κ3) is 5.04. The Hall–Kier alpha value is -4.94. The number of benzene rings is 3. The third-order valence-electron chi connectivity index (χ3n) is 8.11. The average Bonchev–Trinajstić information content (AvgIpc) is 3.57. The first-order valence-corrected chi connectivity index (χ1v) is 13.4. The van der Waals surface area contributed by atoms with Gasteiger partial charge in [-0.25, -0.2) is 14.0 Å². The third-order valence-corrected chi connectivity index (χ3v) is 8.11. The molecule has 0 bridgehead atoms. The summed E-state index contributed by atoms with van der Waals surface area (Å²) >= 11 is 0. The molecule has 0 radical (unpaired) electrons. The summed E-state index contributed by atoms with van der Waals surface area (Å²) in [6, 6.07) is 12.9. The van der Waals surface area contributed by atoms with Crippen LogP contribution in [0.1, 0.15) is 42.4 Å². The Morgan fingerprint density at radius 3 is 2.35 bits per heavy atom. The number of alkyl halides is 3. The molecule has 1 aromatic heterocycles. The number of hydrogen-bond donors (Lipinski definition) is 3. The lowest BCUT2D eigenvalue weighted by Gasteiger charge is -2.32. The van der Waals surface area contributed by atoms with Gasteiger partial charge in [-0.15, -0.1) is 0 Å². The van der Waals surface area contributed by atoms with Gasteiger partial charge in [0.1, 0.15) is 11.9 Å². The Morgan fingerprint density at radius 2 is 1.67 bits per heavy atom. The van der Waals surface area contributed by atoms with Crippen LogP contribution in [-0.2, 0) is 26.5 Å². The number of hydrogen-bond acceptors (Lipinski definition) is 5. The van der Waals surface area contributed by atoms with Crippen LogP contribution >= 0.6 is 0 Å². The van der Waals surface area contributed by atoms with Gasteiger partial charge in [-0.3, -0.25) is 14.9 Å². The number of rotatable bonds is 6. The molecule has 13 heteroatoms. The van der Waals surface area contributed by atoms with Crippen molar-refractivity contribution in [3.63, 3.8) is 0 Å². The summed E-state index contributed by atoms with van der Waals surface area (Å²) in [6.45, 7) is 0.451. The van der Waals surface area contributed by atoms with Crippen molar-refractivity contribution >= 4 is 28.9 Å². The second-order valence-electron chi connectivity index (χ2n) is 10.8. The Balaban J connectivity index is 1.38. The highest BCUT2D eigenvalue weighted by atomic mass is 19.4. The van der Waals surface area contributed by atoms with Crippen molar-refractivity contribution in [3.8, 4) is 11.1 Å². The molecule has 1 aliphatic carbocycles. The molecule has 1 fully saturated rings. The second-order valence-corrected chi connectivity index (χ2v) is 10.8. The Labute approximate surface area is 240 Å². The zero-order valence-corrected chi connectivity index (χ0v) is 22.5. The van der Waals surface area contributed by atoms with Crippen molar-refractivity contribution < 1.29 is 36.7 Å². The van der Waals surface area contributed by atoms with Crippen LogP contribution in [0.25, 0.3) is 22.2 Å². The SMILES string of the molecule is C[C@H](N(Cc1ccc(F)cc1)C(=O)CC1C[C@@]2(OC(=O)NC2=O)c2ccc(-c3ccc4[nH]c(=O)[nH]c4c3)cc21)C(F)(F)F. The molecule has 3 N–H and O–H groups in total. The van der Waals surface area contributed by atoms with Crippen molar-refractivity contribution in [3.05, 3.63) is 93.7 Å². The van der Waals surface area contributed by atoms with Gasteiger partial charge in [-0.05, 0) is 59.4 Å². The first-order chi connectivity index (χ1) is 20.3. The first kappa shape index (κ1) is 28.2. The highest BCUT2D eigenvalue weighted by Crippen LogP contribution is 2.51. The van der Waals surface area contributed by atoms with Crippen molar-refractivity contribution in [2.45, 2.75) is 50.0 Å². The molecule has 222 valence electrons. The van der Waals surface area contributed by atoms with E-state index in [-0.39, 0.29) is 12.1 Å². The molecule has 3 atom stereocenters. The van der Waals surface area contributed by atoms with Crippen LogP contribution in [0.4, 0.5) is 22.4 Å². The number of halogens is 4. The molecule has 0 saturated carbocycles. The number of aromatic amines is 2. The fourth-order valence-corrected chi connectivity index (χ4v) is 5.88. The first-order valence-electron chi connectivity index (χ1n) is 13.4. The lowest BCUT2D eigenvalue weighted by molar-refractivity contribution is -0.187. The molecule has 1 aliphatic heterocycles. The minimum atomic E-state index is -4.74. The number of alkyl carbamates (subject to hydrolysis) is 1. The van der Waals surface area contributed by atoms with Crippen LogP contribution < -0.4 is 11.0 Å². The van der Waals surface area contributed by atoms with Gasteiger partial charge in [0.05, 0.1) is 11.0 Å². The van der Waals surface area contributed by atoms with E-state index in [2.05, 4.69) is 15.3 Å². The van der Waals surface area contributed by atoms with E-state index in [4.69, 9.17) is 4.74 Å². The van der Waals surface area contributed by atoms with E-state index >= 15 is 0 Å². The summed E-state index contributed by atoms with van der Waals surface area (Å²) in [5.41, 5.74) is 1.47. The Kier molecular flexibility index (Phi) is 6.62. The van der Waals surface area contributed by atoms with Crippen molar-refractivity contribution in [1.29, 1.82) is 0 Å². The van der Waals surface area contributed by atoms with Crippen LogP contribution in [0.3, 0.4) is 0 Å². The fourth-order valence-electron chi connectivity index (χ4n) is 5.88. The topological polar surface area (TPSA) is 124 Å². The fraction of sp³-hybridized carbons (Fsp3) is 0.267. The van der Waals surface area contributed by atoms with Crippen LogP contribution in [-0.4, -0.2) is 45.0 Å². The number of nitrogens with one attached hydrogen (secondary N) is 3. The van der Waals surface area contributed by atoms with Gasteiger partial charge in [0.15, 0.2) is 0 Å². The number of imidazole rings is 1. The normalized spacial score (nSPS) is 20.3. The van der Waals surface area contributed by atoms with E-state index in [9.17, 15) is 36.7 Å². The van der Waals surface area contributed by atoms with E-state index in [0.717, 1.165) is 19.1 Å². The number of H-pyrrole nitrogens is 2. The molecule has 9 nitrogen and oxygen atoms in total. The summed E-state index contributed by atoms with van der Waals surface area (Å²) in [7, 11) is 0. The minimum absolute atomic E-state index is 0.149. The van der Waals surface area contributed by atoms with E-state index in [1.807, 2.05) is 0 Å². The van der Waals surface area contributed by atoms with E-state index in [1.54, 1.807) is 36.4 Å². The molecule has 6 rings (SSSR count). The van der Waals surface area contributed by atoms with Crippen LogP contribution in [0.15, 0.2) is 65.5 Å². The summed E-state index contributed by atoms with van der Waals surface area (Å²) in [5, 5.41) is 2.12. The molecule has 1 spiro atoms. The molecule has 2 heterocycles. The second kappa shape index (κ2) is 10.1. The summed E-state index contributed by atoms with van der Waals surface area (Å²) in [4.78, 5) is 56.4. The maximum atomic E-state index is 13.9. The predicted octanol–water partition coefficient (Wildman–Crippen LogP) is 4.98. The largest absolute Gasteiger partial charge is 0.427 e. The lowest BCUT2D eigenvalue weighted by atomic mass is 9.93. The minimum Gasteiger partial charge on any atom is -0.427 e. The highest BCUT2D eigenvalue weighted by Gasteiger charge is 2.57. The molecular formula is C30H24F4N4O5. The molecule has 43 heavy (non-hydrogen) atoms. The highest BCUT2D eigenvalue weighted by molar-refractivity contribution is 6.04. The van der Waals surface area contributed by atoms with Gasteiger partial charge in [0.25, 0.3) is 5.91 Å². The zero-order valence-electron chi connectivity index (χ0n) is 22.5. The molecule has 1 unspecified atom stereocenters. The number of nitrogens with zero attached hydrogens (tertiary/aromatic N) is 1. The maximum absolute atomic E-state index is 13.9. The molecule has 2 aliphatic rings. The van der Waals surface area contributed by atoms with Crippen molar-refractivity contribution in [2.24, 2.45) is 0 Å². The monoisotopic (exact) mass is 596 g/mol. The predicted molar refractivity (Wildman–Crippen MR) is 145 cm³/mol. The molecule has 1 saturated heterocycles. The standard InChI is InChI=1S/C30H24F4N4O5/c1-15(30(32,33)34)38(14-16-2-6-20(31)7-3-16)25(39)12-19-13-29(26(40)37-28(42)43-29)22-8-4-17(10-21(19)22)18-5-9-23-24(11-18)36-27(41)35-23/h2-11,15,19H,12-14H2,1H3,(H2,35,36,41)(H,37,40,42)/t15-,19?,29+/m0/s1. The molecular weight excluding hydrogens is 572 g/mol. The smallest absolute Gasteiger partial charge is 0.415 e. The summed E-state index contributed by atoms with van der Waals surface area (Å²) in [6.07, 6.45) is -6.27. The van der Waals surface area contributed by atoms with E-state index in [1.165, 1.54) is 12.1 Å². The number of fused-ring (bicyclic) bond motifs is 3. The van der Waals surface area contributed by atoms with Gasteiger partial charge in [-0.2, -0.15) is 13.2 Å². The van der Waals surface area contributed by atoms with Crippen molar-refractivity contribution in [1.82, 2.24) is 20.2 Å². The van der Waals surface area contributed by atoms with E-state index in [0.29, 0.717) is 43.8 Å². The Morgan fingerprint density at radius 1 is 1.00 bits per heavy atom. The van der Waals surface area contributed by atoms with Gasteiger partial charge < -0.3 is 19.6 Å². The number of amides is 3. The van der Waals surface area contributed by atoms with Crippen LogP contribution in [0.2, 0.25) is 0 Å². The summed E-state index contributed by atoms with van der Waals surface area (Å²) < 4.78 is 60.5. The Bertz CT molecular complexity index is 1830.